The minimum Gasteiger partial charge on any atom is -0.493 e. The third kappa shape index (κ3) is 4.39. The molecule has 0 amide bonds. The molecular formula is C18H20O5. The van der Waals surface area contributed by atoms with Crippen LogP contribution in [0.15, 0.2) is 42.5 Å². The Balaban J connectivity index is 1.85. The highest BCUT2D eigenvalue weighted by Crippen LogP contribution is 2.36. The molecule has 122 valence electrons. The molecule has 0 saturated carbocycles. The summed E-state index contributed by atoms with van der Waals surface area (Å²) >= 11 is 0. The van der Waals surface area contributed by atoms with Crippen molar-refractivity contribution >= 4 is 6.29 Å². The van der Waals surface area contributed by atoms with Crippen LogP contribution < -0.4 is 18.9 Å². The average molecular weight is 316 g/mol. The molecule has 0 spiro atoms. The van der Waals surface area contributed by atoms with Gasteiger partial charge in [-0.05, 0) is 24.3 Å². The fraction of sp³-hybridized carbons (Fsp3) is 0.278. The number of carbonyl (C=O) groups excluding carboxylic acids is 1. The predicted molar refractivity (Wildman–Crippen MR) is 87.0 cm³/mol. The summed E-state index contributed by atoms with van der Waals surface area (Å²) in [6.07, 6.45) is 1.44. The molecular weight excluding hydrogens is 296 g/mol. The molecule has 5 heteroatoms. The van der Waals surface area contributed by atoms with Gasteiger partial charge in [-0.15, -0.1) is 0 Å². The van der Waals surface area contributed by atoms with Crippen molar-refractivity contribution in [3.63, 3.8) is 0 Å². The van der Waals surface area contributed by atoms with Crippen molar-refractivity contribution in [3.8, 4) is 23.0 Å². The second kappa shape index (κ2) is 8.68. The molecule has 23 heavy (non-hydrogen) atoms. The Morgan fingerprint density at radius 2 is 1.43 bits per heavy atom. The molecule has 0 aliphatic heterocycles. The van der Waals surface area contributed by atoms with E-state index in [1.165, 1.54) is 0 Å². The van der Waals surface area contributed by atoms with Crippen LogP contribution in [0.5, 0.6) is 23.0 Å². The SMILES string of the molecule is COc1cccc(OC)c1OCCCOc1ccccc1C=O. The largest absolute Gasteiger partial charge is 0.493 e. The van der Waals surface area contributed by atoms with Crippen LogP contribution in [-0.4, -0.2) is 33.7 Å². The third-order valence-electron chi connectivity index (χ3n) is 3.22. The lowest BCUT2D eigenvalue weighted by Crippen LogP contribution is -2.07. The number of aldehydes is 1. The Morgan fingerprint density at radius 3 is 2.09 bits per heavy atom. The van der Waals surface area contributed by atoms with Gasteiger partial charge in [-0.3, -0.25) is 4.79 Å². The van der Waals surface area contributed by atoms with Crippen LogP contribution in [-0.2, 0) is 0 Å². The van der Waals surface area contributed by atoms with Crippen molar-refractivity contribution < 1.29 is 23.7 Å². The van der Waals surface area contributed by atoms with Gasteiger partial charge < -0.3 is 18.9 Å². The summed E-state index contributed by atoms with van der Waals surface area (Å²) in [5.41, 5.74) is 0.541. The van der Waals surface area contributed by atoms with Crippen LogP contribution in [0, 0.1) is 0 Å². The summed E-state index contributed by atoms with van der Waals surface area (Å²) in [5, 5.41) is 0. The molecule has 2 aromatic rings. The topological polar surface area (TPSA) is 54.0 Å². The monoisotopic (exact) mass is 316 g/mol. The van der Waals surface area contributed by atoms with Gasteiger partial charge in [-0.25, -0.2) is 0 Å². The van der Waals surface area contributed by atoms with Crippen LogP contribution in [0.4, 0.5) is 0 Å². The zero-order chi connectivity index (χ0) is 16.5. The normalized spacial score (nSPS) is 10.0. The molecule has 5 nitrogen and oxygen atoms in total. The van der Waals surface area contributed by atoms with Crippen molar-refractivity contribution in [1.29, 1.82) is 0 Å². The van der Waals surface area contributed by atoms with Gasteiger partial charge >= 0.3 is 0 Å². The number of rotatable bonds is 9. The van der Waals surface area contributed by atoms with E-state index in [1.54, 1.807) is 32.4 Å². The van der Waals surface area contributed by atoms with E-state index in [1.807, 2.05) is 24.3 Å². The van der Waals surface area contributed by atoms with Crippen molar-refractivity contribution in [1.82, 2.24) is 0 Å². The van der Waals surface area contributed by atoms with Crippen LogP contribution in [0.2, 0.25) is 0 Å². The van der Waals surface area contributed by atoms with Gasteiger partial charge in [0.2, 0.25) is 5.75 Å². The maximum Gasteiger partial charge on any atom is 0.203 e. The molecule has 0 aromatic heterocycles. The van der Waals surface area contributed by atoms with E-state index in [0.29, 0.717) is 48.2 Å². The van der Waals surface area contributed by atoms with Crippen molar-refractivity contribution in [2.24, 2.45) is 0 Å². The molecule has 0 atom stereocenters. The number of carbonyl (C=O) groups is 1. The van der Waals surface area contributed by atoms with E-state index in [2.05, 4.69) is 0 Å². The molecule has 0 aliphatic rings. The highest BCUT2D eigenvalue weighted by Gasteiger charge is 2.10. The summed E-state index contributed by atoms with van der Waals surface area (Å²) in [6.45, 7) is 0.891. The highest BCUT2D eigenvalue weighted by molar-refractivity contribution is 5.79. The molecule has 0 heterocycles. The molecule has 0 radical (unpaired) electrons. The maximum absolute atomic E-state index is 10.9. The van der Waals surface area contributed by atoms with Crippen molar-refractivity contribution in [3.05, 3.63) is 48.0 Å². The molecule has 0 unspecified atom stereocenters. The van der Waals surface area contributed by atoms with Gasteiger partial charge in [0.1, 0.15) is 5.75 Å². The average Bonchev–Trinajstić information content (AvgIpc) is 2.61. The molecule has 2 aromatic carbocycles. The Morgan fingerprint density at radius 1 is 0.826 bits per heavy atom. The number of hydrogen-bond acceptors (Lipinski definition) is 5. The molecule has 0 fully saturated rings. The summed E-state index contributed by atoms with van der Waals surface area (Å²) in [6, 6.07) is 12.6. The molecule has 2 rings (SSSR count). The molecule has 0 aliphatic carbocycles. The number of ether oxygens (including phenoxy) is 4. The standard InChI is InChI=1S/C18H20O5/c1-20-16-9-5-10-17(21-2)18(16)23-12-6-11-22-15-8-4-3-7-14(15)13-19/h3-5,7-10,13H,6,11-12H2,1-2H3. The second-order valence-corrected chi connectivity index (χ2v) is 4.70. The first kappa shape index (κ1) is 16.7. The Labute approximate surface area is 135 Å². The lowest BCUT2D eigenvalue weighted by atomic mass is 10.2. The fourth-order valence-corrected chi connectivity index (χ4v) is 2.08. The number of methoxy groups -OCH3 is 2. The van der Waals surface area contributed by atoms with Crippen LogP contribution in [0.3, 0.4) is 0 Å². The van der Waals surface area contributed by atoms with E-state index in [-0.39, 0.29) is 0 Å². The first-order chi connectivity index (χ1) is 11.3. The Kier molecular flexibility index (Phi) is 6.29. The molecule has 0 saturated heterocycles. The zero-order valence-electron chi connectivity index (χ0n) is 13.3. The number of hydrogen-bond donors (Lipinski definition) is 0. The Hall–Kier alpha value is -2.69. The number of benzene rings is 2. The van der Waals surface area contributed by atoms with E-state index < -0.39 is 0 Å². The summed E-state index contributed by atoms with van der Waals surface area (Å²) in [7, 11) is 3.17. The first-order valence-electron chi connectivity index (χ1n) is 7.31. The summed E-state index contributed by atoms with van der Waals surface area (Å²) in [4.78, 5) is 10.9. The highest BCUT2D eigenvalue weighted by atomic mass is 16.5. The van der Waals surface area contributed by atoms with Crippen LogP contribution >= 0.6 is 0 Å². The van der Waals surface area contributed by atoms with E-state index in [4.69, 9.17) is 18.9 Å². The van der Waals surface area contributed by atoms with Gasteiger partial charge in [-0.1, -0.05) is 18.2 Å². The van der Waals surface area contributed by atoms with Gasteiger partial charge in [0, 0.05) is 6.42 Å². The van der Waals surface area contributed by atoms with Gasteiger partial charge in [0.25, 0.3) is 0 Å². The van der Waals surface area contributed by atoms with E-state index >= 15 is 0 Å². The summed E-state index contributed by atoms with van der Waals surface area (Å²) in [5.74, 6) is 2.40. The fourth-order valence-electron chi connectivity index (χ4n) is 2.08. The molecule has 0 bridgehead atoms. The first-order valence-corrected chi connectivity index (χ1v) is 7.31. The molecule has 0 N–H and O–H groups in total. The third-order valence-corrected chi connectivity index (χ3v) is 3.22. The zero-order valence-corrected chi connectivity index (χ0v) is 13.3. The predicted octanol–water partition coefficient (Wildman–Crippen LogP) is 3.36. The minimum absolute atomic E-state index is 0.444. The van der Waals surface area contributed by atoms with Crippen LogP contribution in [0.1, 0.15) is 16.8 Å². The second-order valence-electron chi connectivity index (χ2n) is 4.70. The van der Waals surface area contributed by atoms with Crippen LogP contribution in [0.25, 0.3) is 0 Å². The minimum atomic E-state index is 0.444. The smallest absolute Gasteiger partial charge is 0.203 e. The lowest BCUT2D eigenvalue weighted by Gasteiger charge is -2.14. The maximum atomic E-state index is 10.9. The van der Waals surface area contributed by atoms with Gasteiger partial charge in [-0.2, -0.15) is 0 Å². The van der Waals surface area contributed by atoms with E-state index in [9.17, 15) is 4.79 Å². The van der Waals surface area contributed by atoms with Crippen molar-refractivity contribution in [2.75, 3.05) is 27.4 Å². The van der Waals surface area contributed by atoms with E-state index in [0.717, 1.165) is 6.29 Å². The Bertz CT molecular complexity index is 617. The lowest BCUT2D eigenvalue weighted by molar-refractivity contribution is 0.111. The summed E-state index contributed by atoms with van der Waals surface area (Å²) < 4.78 is 21.9. The number of para-hydroxylation sites is 2. The van der Waals surface area contributed by atoms with Gasteiger partial charge in [0.15, 0.2) is 17.8 Å². The van der Waals surface area contributed by atoms with Crippen molar-refractivity contribution in [2.45, 2.75) is 6.42 Å². The quantitative estimate of drug-likeness (QED) is 0.524. The van der Waals surface area contributed by atoms with Gasteiger partial charge in [0.05, 0.1) is 33.0 Å².